The average Bonchev–Trinajstić information content (AvgIpc) is 2.22. The number of hydrogen-bond donors (Lipinski definition) is 2. The van der Waals surface area contributed by atoms with E-state index in [0.717, 1.165) is 9.86 Å². The van der Waals surface area contributed by atoms with Crippen molar-refractivity contribution in [3.8, 4) is 5.75 Å². The van der Waals surface area contributed by atoms with Gasteiger partial charge in [-0.05, 0) is 18.2 Å². The van der Waals surface area contributed by atoms with Gasteiger partial charge in [0.15, 0.2) is 0 Å². The number of phenols is 1. The highest BCUT2D eigenvalue weighted by Gasteiger charge is 2.09. The van der Waals surface area contributed by atoms with E-state index in [0.29, 0.717) is 11.1 Å². The van der Waals surface area contributed by atoms with Crippen LogP contribution in [0.25, 0.3) is 10.8 Å². The lowest BCUT2D eigenvalue weighted by atomic mass is 10.1. The van der Waals surface area contributed by atoms with Crippen LogP contribution in [0.4, 0.5) is 5.69 Å². The Hall–Kier alpha value is -1.55. The molecule has 0 radical (unpaired) electrons. The first kappa shape index (κ1) is 11.0. The van der Waals surface area contributed by atoms with E-state index in [4.69, 9.17) is 0 Å². The zero-order valence-electron chi connectivity index (χ0n) is 8.62. The smallest absolute Gasteiger partial charge is 0.221 e. The molecule has 0 fully saturated rings. The molecule has 0 aliphatic rings. The van der Waals surface area contributed by atoms with Crippen LogP contribution in [0.15, 0.2) is 34.8 Å². The number of phenolic OH excluding ortho intramolecular Hbond substituents is 1. The molecule has 3 nitrogen and oxygen atoms in total. The van der Waals surface area contributed by atoms with Crippen molar-refractivity contribution in [1.82, 2.24) is 0 Å². The molecular weight excluding hydrogens is 270 g/mol. The number of aromatic hydroxyl groups is 1. The maximum atomic E-state index is 11.0. The Morgan fingerprint density at radius 3 is 2.75 bits per heavy atom. The Bertz CT molecular complexity index is 566. The monoisotopic (exact) mass is 279 g/mol. The molecule has 0 aliphatic carbocycles. The molecule has 4 heteroatoms. The highest BCUT2D eigenvalue weighted by Crippen LogP contribution is 2.35. The van der Waals surface area contributed by atoms with Gasteiger partial charge in [0.2, 0.25) is 5.91 Å². The molecule has 16 heavy (non-hydrogen) atoms. The number of hydrogen-bond acceptors (Lipinski definition) is 2. The fraction of sp³-hybridized carbons (Fsp3) is 0.0833. The van der Waals surface area contributed by atoms with E-state index in [1.165, 1.54) is 6.92 Å². The van der Waals surface area contributed by atoms with Crippen LogP contribution in [0.3, 0.4) is 0 Å². The van der Waals surface area contributed by atoms with Crippen LogP contribution in [0.1, 0.15) is 6.92 Å². The number of benzene rings is 2. The summed E-state index contributed by atoms with van der Waals surface area (Å²) in [5, 5.41) is 14.0. The summed E-state index contributed by atoms with van der Waals surface area (Å²) in [6.07, 6.45) is 0. The second kappa shape index (κ2) is 4.14. The van der Waals surface area contributed by atoms with Gasteiger partial charge in [-0.1, -0.05) is 28.1 Å². The summed E-state index contributed by atoms with van der Waals surface area (Å²) in [5.74, 6) is -0.00516. The minimum absolute atomic E-state index is 0.155. The lowest BCUT2D eigenvalue weighted by Crippen LogP contribution is -2.06. The Morgan fingerprint density at radius 1 is 1.31 bits per heavy atom. The fourth-order valence-corrected chi connectivity index (χ4v) is 2.11. The van der Waals surface area contributed by atoms with Crippen molar-refractivity contribution in [2.24, 2.45) is 0 Å². The van der Waals surface area contributed by atoms with Crippen LogP contribution in [-0.4, -0.2) is 11.0 Å². The third-order valence-corrected chi connectivity index (χ3v) is 2.97. The van der Waals surface area contributed by atoms with Gasteiger partial charge in [-0.25, -0.2) is 0 Å². The molecule has 2 rings (SSSR count). The molecule has 0 saturated heterocycles. The van der Waals surface area contributed by atoms with Crippen molar-refractivity contribution in [2.45, 2.75) is 6.92 Å². The zero-order valence-corrected chi connectivity index (χ0v) is 10.2. The van der Waals surface area contributed by atoms with Gasteiger partial charge < -0.3 is 10.4 Å². The van der Waals surface area contributed by atoms with Crippen LogP contribution in [0.5, 0.6) is 5.75 Å². The Kier molecular flexibility index (Phi) is 2.83. The number of rotatable bonds is 1. The van der Waals surface area contributed by atoms with E-state index in [1.54, 1.807) is 18.2 Å². The lowest BCUT2D eigenvalue weighted by molar-refractivity contribution is -0.114. The Morgan fingerprint density at radius 2 is 2.06 bits per heavy atom. The molecule has 0 aromatic heterocycles. The van der Waals surface area contributed by atoms with Gasteiger partial charge in [0, 0.05) is 22.2 Å². The fourth-order valence-electron chi connectivity index (χ4n) is 1.65. The molecular formula is C12H10BrNO2. The van der Waals surface area contributed by atoms with Crippen LogP contribution >= 0.6 is 15.9 Å². The SMILES string of the molecule is CC(=O)Nc1ccc(Br)c2cccc(O)c12. The summed E-state index contributed by atoms with van der Waals surface area (Å²) in [6.45, 7) is 1.44. The highest BCUT2D eigenvalue weighted by atomic mass is 79.9. The van der Waals surface area contributed by atoms with E-state index >= 15 is 0 Å². The number of fused-ring (bicyclic) bond motifs is 1. The number of amides is 1. The molecule has 82 valence electrons. The van der Waals surface area contributed by atoms with Gasteiger partial charge in [0.25, 0.3) is 0 Å². The van der Waals surface area contributed by atoms with Gasteiger partial charge in [-0.2, -0.15) is 0 Å². The molecule has 1 amide bonds. The second-order valence-corrected chi connectivity index (χ2v) is 4.33. The number of carbonyl (C=O) groups excluding carboxylic acids is 1. The first-order valence-electron chi connectivity index (χ1n) is 4.77. The van der Waals surface area contributed by atoms with Gasteiger partial charge in [-0.15, -0.1) is 0 Å². The molecule has 0 spiro atoms. The van der Waals surface area contributed by atoms with E-state index < -0.39 is 0 Å². The maximum Gasteiger partial charge on any atom is 0.221 e. The number of halogens is 1. The van der Waals surface area contributed by atoms with Gasteiger partial charge in [0.05, 0.1) is 5.69 Å². The Labute approximate surface area is 101 Å². The van der Waals surface area contributed by atoms with E-state index in [1.807, 2.05) is 12.1 Å². The zero-order chi connectivity index (χ0) is 11.7. The van der Waals surface area contributed by atoms with Gasteiger partial charge in [-0.3, -0.25) is 4.79 Å². The summed E-state index contributed by atoms with van der Waals surface area (Å²) in [7, 11) is 0. The van der Waals surface area contributed by atoms with Crippen LogP contribution in [0, 0.1) is 0 Å². The largest absolute Gasteiger partial charge is 0.507 e. The first-order valence-corrected chi connectivity index (χ1v) is 5.56. The summed E-state index contributed by atoms with van der Waals surface area (Å²) in [4.78, 5) is 11.0. The highest BCUT2D eigenvalue weighted by molar-refractivity contribution is 9.10. The Balaban J connectivity index is 2.75. The molecule has 0 bridgehead atoms. The summed E-state index contributed by atoms with van der Waals surface area (Å²) in [5.41, 5.74) is 0.615. The molecule has 0 heterocycles. The van der Waals surface area contributed by atoms with Gasteiger partial charge in [0.1, 0.15) is 5.75 Å². The number of nitrogens with one attached hydrogen (secondary N) is 1. The lowest BCUT2D eigenvalue weighted by Gasteiger charge is -2.09. The summed E-state index contributed by atoms with van der Waals surface area (Å²) in [6, 6.07) is 8.84. The van der Waals surface area contributed by atoms with Crippen molar-refractivity contribution in [1.29, 1.82) is 0 Å². The molecule has 2 aromatic rings. The van der Waals surface area contributed by atoms with Crippen LogP contribution < -0.4 is 5.32 Å². The molecule has 2 aromatic carbocycles. The number of carbonyl (C=O) groups is 1. The van der Waals surface area contributed by atoms with Crippen LogP contribution in [0.2, 0.25) is 0 Å². The maximum absolute atomic E-state index is 11.0. The van der Waals surface area contributed by atoms with Crippen molar-refractivity contribution < 1.29 is 9.90 Å². The number of anilines is 1. The standard InChI is InChI=1S/C12H10BrNO2/c1-7(15)14-10-6-5-9(13)8-3-2-4-11(16)12(8)10/h2-6,16H,1H3,(H,14,15). The predicted molar refractivity (Wildman–Crippen MR) is 67.6 cm³/mol. The summed E-state index contributed by atoms with van der Waals surface area (Å²) < 4.78 is 0.882. The summed E-state index contributed by atoms with van der Waals surface area (Å²) >= 11 is 3.41. The van der Waals surface area contributed by atoms with Crippen molar-refractivity contribution in [2.75, 3.05) is 5.32 Å². The first-order chi connectivity index (χ1) is 7.59. The third-order valence-electron chi connectivity index (χ3n) is 2.28. The predicted octanol–water partition coefficient (Wildman–Crippen LogP) is 3.27. The van der Waals surface area contributed by atoms with E-state index in [2.05, 4.69) is 21.2 Å². The minimum Gasteiger partial charge on any atom is -0.507 e. The van der Waals surface area contributed by atoms with Gasteiger partial charge >= 0.3 is 0 Å². The van der Waals surface area contributed by atoms with Crippen molar-refractivity contribution >= 4 is 38.3 Å². The molecule has 0 aliphatic heterocycles. The minimum atomic E-state index is -0.160. The van der Waals surface area contributed by atoms with E-state index in [-0.39, 0.29) is 11.7 Å². The third kappa shape index (κ3) is 1.88. The topological polar surface area (TPSA) is 49.3 Å². The van der Waals surface area contributed by atoms with E-state index in [9.17, 15) is 9.90 Å². The van der Waals surface area contributed by atoms with Crippen LogP contribution in [-0.2, 0) is 4.79 Å². The molecule has 0 atom stereocenters. The average molecular weight is 280 g/mol. The second-order valence-electron chi connectivity index (χ2n) is 3.48. The molecule has 0 unspecified atom stereocenters. The molecule has 0 saturated carbocycles. The normalized spacial score (nSPS) is 10.4. The molecule has 2 N–H and O–H groups in total. The van der Waals surface area contributed by atoms with Crippen molar-refractivity contribution in [3.63, 3.8) is 0 Å². The van der Waals surface area contributed by atoms with Crippen molar-refractivity contribution in [3.05, 3.63) is 34.8 Å². The quantitative estimate of drug-likeness (QED) is 0.842.